The average Bonchev–Trinajstić information content (AvgIpc) is 2.56. The van der Waals surface area contributed by atoms with Crippen molar-refractivity contribution in [3.05, 3.63) is 28.2 Å². The van der Waals surface area contributed by atoms with E-state index < -0.39 is 0 Å². The van der Waals surface area contributed by atoms with Crippen LogP contribution in [0.25, 0.3) is 0 Å². The van der Waals surface area contributed by atoms with Crippen molar-refractivity contribution < 1.29 is 4.84 Å². The van der Waals surface area contributed by atoms with Crippen molar-refractivity contribution in [3.8, 4) is 0 Å². The number of hydrogen-bond acceptors (Lipinski definition) is 3. The maximum absolute atomic E-state index is 5.62. The standard InChI is InChI=1S/C9H9BrN2O/c10-8-5-6(11)1-2-7(8)9-3-4-12-13-9/h1-2,4-5,9H,3,11H2. The molecular formula is C9H9BrN2O. The fourth-order valence-electron chi connectivity index (χ4n) is 1.29. The van der Waals surface area contributed by atoms with Gasteiger partial charge < -0.3 is 10.6 Å². The second-order valence-corrected chi connectivity index (χ2v) is 3.75. The summed E-state index contributed by atoms with van der Waals surface area (Å²) in [5.74, 6) is 0. The fraction of sp³-hybridized carbons (Fsp3) is 0.222. The Morgan fingerprint density at radius 1 is 1.54 bits per heavy atom. The van der Waals surface area contributed by atoms with Crippen LogP contribution in [0.15, 0.2) is 27.8 Å². The van der Waals surface area contributed by atoms with E-state index in [1.54, 1.807) is 6.21 Å². The predicted molar refractivity (Wildman–Crippen MR) is 55.5 cm³/mol. The van der Waals surface area contributed by atoms with E-state index in [-0.39, 0.29) is 6.10 Å². The van der Waals surface area contributed by atoms with E-state index in [1.165, 1.54) is 0 Å². The smallest absolute Gasteiger partial charge is 0.158 e. The maximum atomic E-state index is 5.62. The maximum Gasteiger partial charge on any atom is 0.158 e. The van der Waals surface area contributed by atoms with Crippen LogP contribution in [0.3, 0.4) is 0 Å². The molecule has 0 amide bonds. The van der Waals surface area contributed by atoms with Gasteiger partial charge in [0.05, 0.1) is 0 Å². The van der Waals surface area contributed by atoms with Gasteiger partial charge in [-0.3, -0.25) is 0 Å². The Hall–Kier alpha value is -1.03. The normalized spacial score (nSPS) is 20.2. The molecule has 2 N–H and O–H groups in total. The topological polar surface area (TPSA) is 47.6 Å². The SMILES string of the molecule is Nc1ccc(C2CC=NO2)c(Br)c1. The first kappa shape index (κ1) is 8.56. The number of oxime groups is 1. The van der Waals surface area contributed by atoms with Gasteiger partial charge >= 0.3 is 0 Å². The van der Waals surface area contributed by atoms with Crippen LogP contribution < -0.4 is 5.73 Å². The molecule has 0 saturated carbocycles. The van der Waals surface area contributed by atoms with Crippen LogP contribution >= 0.6 is 15.9 Å². The van der Waals surface area contributed by atoms with Gasteiger partial charge in [0.15, 0.2) is 6.10 Å². The zero-order valence-corrected chi connectivity index (χ0v) is 8.49. The van der Waals surface area contributed by atoms with Crippen molar-refractivity contribution in [1.82, 2.24) is 0 Å². The number of nitrogens with two attached hydrogens (primary N) is 1. The Morgan fingerprint density at radius 2 is 2.38 bits per heavy atom. The summed E-state index contributed by atoms with van der Waals surface area (Å²) >= 11 is 3.44. The second kappa shape index (κ2) is 3.38. The zero-order valence-electron chi connectivity index (χ0n) is 6.90. The number of halogens is 1. The third kappa shape index (κ3) is 1.67. The molecule has 3 nitrogen and oxygen atoms in total. The first-order chi connectivity index (χ1) is 6.27. The molecule has 0 aromatic heterocycles. The molecule has 2 rings (SSSR count). The first-order valence-electron chi connectivity index (χ1n) is 4.00. The highest BCUT2D eigenvalue weighted by Gasteiger charge is 2.18. The molecule has 0 aliphatic carbocycles. The lowest BCUT2D eigenvalue weighted by Crippen LogP contribution is -1.97. The first-order valence-corrected chi connectivity index (χ1v) is 4.79. The summed E-state index contributed by atoms with van der Waals surface area (Å²) in [5, 5.41) is 3.73. The Labute approximate surface area is 84.7 Å². The van der Waals surface area contributed by atoms with E-state index >= 15 is 0 Å². The largest absolute Gasteiger partial charge is 0.399 e. The van der Waals surface area contributed by atoms with Crippen molar-refractivity contribution >= 4 is 27.8 Å². The number of anilines is 1. The van der Waals surface area contributed by atoms with E-state index in [2.05, 4.69) is 21.1 Å². The molecule has 0 spiro atoms. The zero-order chi connectivity index (χ0) is 9.26. The van der Waals surface area contributed by atoms with Crippen molar-refractivity contribution in [1.29, 1.82) is 0 Å². The highest BCUT2D eigenvalue weighted by Crippen LogP contribution is 2.31. The number of hydrogen-bond donors (Lipinski definition) is 1. The molecule has 0 fully saturated rings. The van der Waals surface area contributed by atoms with E-state index in [4.69, 9.17) is 10.6 Å². The van der Waals surface area contributed by atoms with Crippen LogP contribution in [-0.2, 0) is 4.84 Å². The molecule has 0 radical (unpaired) electrons. The van der Waals surface area contributed by atoms with E-state index in [0.29, 0.717) is 0 Å². The molecule has 0 saturated heterocycles. The molecule has 1 aliphatic rings. The monoisotopic (exact) mass is 240 g/mol. The van der Waals surface area contributed by atoms with Gasteiger partial charge in [-0.15, -0.1) is 0 Å². The molecule has 13 heavy (non-hydrogen) atoms. The summed E-state index contributed by atoms with van der Waals surface area (Å²) < 4.78 is 0.975. The Bertz CT molecular complexity index is 343. The molecule has 1 heterocycles. The lowest BCUT2D eigenvalue weighted by atomic mass is 10.1. The molecule has 68 valence electrons. The lowest BCUT2D eigenvalue weighted by molar-refractivity contribution is 0.0853. The van der Waals surface area contributed by atoms with Crippen LogP contribution in [0.1, 0.15) is 18.1 Å². The van der Waals surface area contributed by atoms with E-state index in [9.17, 15) is 0 Å². The minimum Gasteiger partial charge on any atom is -0.399 e. The van der Waals surface area contributed by atoms with Crippen molar-refractivity contribution in [2.75, 3.05) is 5.73 Å². The third-order valence-electron chi connectivity index (χ3n) is 1.95. The number of benzene rings is 1. The molecule has 1 aromatic carbocycles. The van der Waals surface area contributed by atoms with Gasteiger partial charge in [-0.05, 0) is 12.1 Å². The molecule has 1 aliphatic heterocycles. The molecule has 1 atom stereocenters. The summed E-state index contributed by atoms with van der Waals surface area (Å²) in [6.07, 6.45) is 2.63. The Balaban J connectivity index is 2.30. The molecule has 0 bridgehead atoms. The van der Waals surface area contributed by atoms with E-state index in [1.807, 2.05) is 18.2 Å². The highest BCUT2D eigenvalue weighted by atomic mass is 79.9. The number of nitrogen functional groups attached to an aromatic ring is 1. The van der Waals surface area contributed by atoms with E-state index in [0.717, 1.165) is 22.1 Å². The molecule has 1 aromatic rings. The third-order valence-corrected chi connectivity index (χ3v) is 2.64. The minimum atomic E-state index is 0.0370. The molecular weight excluding hydrogens is 232 g/mol. The number of rotatable bonds is 1. The molecule has 1 unspecified atom stereocenters. The quantitative estimate of drug-likeness (QED) is 0.767. The van der Waals surface area contributed by atoms with Crippen LogP contribution in [0.5, 0.6) is 0 Å². The second-order valence-electron chi connectivity index (χ2n) is 2.90. The van der Waals surface area contributed by atoms with Gasteiger partial charge in [-0.25, -0.2) is 0 Å². The Morgan fingerprint density at radius 3 is 3.00 bits per heavy atom. The van der Waals surface area contributed by atoms with Gasteiger partial charge in [0.25, 0.3) is 0 Å². The van der Waals surface area contributed by atoms with Gasteiger partial charge in [0, 0.05) is 28.4 Å². The summed E-state index contributed by atoms with van der Waals surface area (Å²) in [6.45, 7) is 0. The van der Waals surface area contributed by atoms with Gasteiger partial charge in [-0.2, -0.15) is 0 Å². The van der Waals surface area contributed by atoms with Crippen LogP contribution in [0, 0.1) is 0 Å². The lowest BCUT2D eigenvalue weighted by Gasteiger charge is -2.10. The Kier molecular flexibility index (Phi) is 2.22. The average molecular weight is 241 g/mol. The van der Waals surface area contributed by atoms with Crippen molar-refractivity contribution in [2.24, 2.45) is 5.16 Å². The van der Waals surface area contributed by atoms with Crippen LogP contribution in [-0.4, -0.2) is 6.21 Å². The van der Waals surface area contributed by atoms with Gasteiger partial charge in [0.2, 0.25) is 0 Å². The summed E-state index contributed by atoms with van der Waals surface area (Å²) in [6, 6.07) is 5.69. The van der Waals surface area contributed by atoms with Crippen molar-refractivity contribution in [3.63, 3.8) is 0 Å². The van der Waals surface area contributed by atoms with Crippen LogP contribution in [0.4, 0.5) is 5.69 Å². The van der Waals surface area contributed by atoms with Gasteiger partial charge in [-0.1, -0.05) is 27.2 Å². The minimum absolute atomic E-state index is 0.0370. The highest BCUT2D eigenvalue weighted by molar-refractivity contribution is 9.10. The molecule has 4 heteroatoms. The van der Waals surface area contributed by atoms with Crippen molar-refractivity contribution in [2.45, 2.75) is 12.5 Å². The summed E-state index contributed by atoms with van der Waals surface area (Å²) in [7, 11) is 0. The van der Waals surface area contributed by atoms with Gasteiger partial charge in [0.1, 0.15) is 0 Å². The summed E-state index contributed by atoms with van der Waals surface area (Å²) in [4.78, 5) is 5.16. The predicted octanol–water partition coefficient (Wildman–Crippen LogP) is 2.48. The fourth-order valence-corrected chi connectivity index (χ4v) is 1.94. The van der Waals surface area contributed by atoms with Crippen LogP contribution in [0.2, 0.25) is 0 Å². The summed E-state index contributed by atoms with van der Waals surface area (Å²) in [5.41, 5.74) is 7.46. The number of nitrogens with zero attached hydrogens (tertiary/aromatic N) is 1.